The van der Waals surface area contributed by atoms with E-state index < -0.39 is 6.36 Å². The van der Waals surface area contributed by atoms with Crippen molar-refractivity contribution in [2.45, 2.75) is 33.2 Å². The Labute approximate surface area is 140 Å². The molecule has 0 aliphatic heterocycles. The van der Waals surface area contributed by atoms with Crippen molar-refractivity contribution in [1.82, 2.24) is 5.32 Å². The molecule has 0 radical (unpaired) electrons. The zero-order valence-electron chi connectivity index (χ0n) is 14.1. The Morgan fingerprint density at radius 2 is 1.62 bits per heavy atom. The van der Waals surface area contributed by atoms with Crippen LogP contribution in [0.5, 0.6) is 5.75 Å². The van der Waals surface area contributed by atoms with Gasteiger partial charge in [-0.25, -0.2) is 0 Å². The average Bonchev–Trinajstić information content (AvgIpc) is 2.48. The molecule has 0 aromatic heterocycles. The van der Waals surface area contributed by atoms with E-state index in [1.54, 1.807) is 19.2 Å². The smallest absolute Gasteiger partial charge is 0.405 e. The van der Waals surface area contributed by atoms with Crippen molar-refractivity contribution in [2.75, 3.05) is 7.05 Å². The summed E-state index contributed by atoms with van der Waals surface area (Å²) in [5.41, 5.74) is 3.21. The van der Waals surface area contributed by atoms with Crippen LogP contribution in [0.3, 0.4) is 0 Å². The second kappa shape index (κ2) is 7.71. The summed E-state index contributed by atoms with van der Waals surface area (Å²) in [7, 11) is 1.79. The van der Waals surface area contributed by atoms with Crippen molar-refractivity contribution < 1.29 is 17.9 Å². The van der Waals surface area contributed by atoms with Gasteiger partial charge < -0.3 is 10.1 Å². The quantitative estimate of drug-likeness (QED) is 0.785. The van der Waals surface area contributed by atoms with E-state index in [4.69, 9.17) is 0 Å². The maximum atomic E-state index is 12.7. The molecule has 0 spiro atoms. The topological polar surface area (TPSA) is 21.3 Å². The molecule has 2 aromatic carbocycles. The lowest BCUT2D eigenvalue weighted by Gasteiger charge is -2.15. The van der Waals surface area contributed by atoms with E-state index in [1.807, 2.05) is 24.3 Å². The maximum absolute atomic E-state index is 12.7. The fourth-order valence-corrected chi connectivity index (χ4v) is 2.62. The summed E-state index contributed by atoms with van der Waals surface area (Å²) >= 11 is 0. The number of benzene rings is 2. The largest absolute Gasteiger partial charge is 0.573 e. The second-order valence-electron chi connectivity index (χ2n) is 6.20. The van der Waals surface area contributed by atoms with E-state index in [2.05, 4.69) is 23.9 Å². The Bertz CT molecular complexity index is 663. The van der Waals surface area contributed by atoms with Gasteiger partial charge in [-0.2, -0.15) is 0 Å². The Morgan fingerprint density at radius 1 is 1.00 bits per heavy atom. The molecule has 5 heteroatoms. The molecule has 0 aliphatic rings. The minimum Gasteiger partial charge on any atom is -0.405 e. The first-order valence-corrected chi connectivity index (χ1v) is 7.91. The number of rotatable bonds is 6. The first kappa shape index (κ1) is 18.3. The molecule has 0 aliphatic carbocycles. The lowest BCUT2D eigenvalue weighted by Crippen LogP contribution is -2.18. The highest BCUT2D eigenvalue weighted by atomic mass is 19.4. The number of ether oxygens (including phenoxy) is 1. The molecule has 24 heavy (non-hydrogen) atoms. The van der Waals surface area contributed by atoms with Gasteiger partial charge in [0.05, 0.1) is 0 Å². The zero-order valence-corrected chi connectivity index (χ0v) is 14.1. The van der Waals surface area contributed by atoms with E-state index in [0.29, 0.717) is 23.6 Å². The van der Waals surface area contributed by atoms with Crippen LogP contribution in [-0.4, -0.2) is 13.4 Å². The van der Waals surface area contributed by atoms with Crippen molar-refractivity contribution in [2.24, 2.45) is 5.92 Å². The number of nitrogens with one attached hydrogen (secondary N) is 1. The molecular weight excluding hydrogens is 315 g/mol. The molecule has 2 rings (SSSR count). The fourth-order valence-electron chi connectivity index (χ4n) is 2.62. The van der Waals surface area contributed by atoms with Gasteiger partial charge in [-0.3, -0.25) is 0 Å². The van der Waals surface area contributed by atoms with Crippen molar-refractivity contribution in [3.8, 4) is 16.9 Å². The highest BCUT2D eigenvalue weighted by Crippen LogP contribution is 2.35. The molecule has 0 atom stereocenters. The number of hydrogen-bond donors (Lipinski definition) is 1. The minimum atomic E-state index is -4.71. The molecule has 2 aromatic rings. The third-order valence-corrected chi connectivity index (χ3v) is 3.56. The van der Waals surface area contributed by atoms with Gasteiger partial charge in [-0.1, -0.05) is 44.2 Å². The predicted molar refractivity (Wildman–Crippen MR) is 89.9 cm³/mol. The van der Waals surface area contributed by atoms with Gasteiger partial charge in [0, 0.05) is 12.1 Å². The van der Waals surface area contributed by atoms with E-state index in [0.717, 1.165) is 12.0 Å². The third kappa shape index (κ3) is 5.27. The van der Waals surface area contributed by atoms with Gasteiger partial charge in [0.15, 0.2) is 0 Å². The summed E-state index contributed by atoms with van der Waals surface area (Å²) in [6.45, 7) is 4.83. The molecular formula is C19H22F3NO. The summed E-state index contributed by atoms with van der Waals surface area (Å²) in [4.78, 5) is 0. The van der Waals surface area contributed by atoms with Gasteiger partial charge in [0.1, 0.15) is 5.75 Å². The third-order valence-electron chi connectivity index (χ3n) is 3.56. The highest BCUT2D eigenvalue weighted by molar-refractivity contribution is 5.71. The number of halogens is 3. The normalized spacial score (nSPS) is 11.8. The van der Waals surface area contributed by atoms with Gasteiger partial charge in [-0.15, -0.1) is 13.2 Å². The van der Waals surface area contributed by atoms with Crippen LogP contribution in [0.2, 0.25) is 0 Å². The van der Waals surface area contributed by atoms with Crippen molar-refractivity contribution >= 4 is 0 Å². The Morgan fingerprint density at radius 3 is 2.17 bits per heavy atom. The molecule has 0 bridgehead atoms. The first-order valence-electron chi connectivity index (χ1n) is 7.91. The van der Waals surface area contributed by atoms with Crippen molar-refractivity contribution in [3.63, 3.8) is 0 Å². The molecule has 0 saturated heterocycles. The van der Waals surface area contributed by atoms with Crippen LogP contribution in [0.25, 0.3) is 11.1 Å². The SMILES string of the molecule is CNCc1ccc(OC(F)(F)F)c(-c2ccc(CC(C)C)cc2)c1. The van der Waals surface area contributed by atoms with Crippen LogP contribution in [0.1, 0.15) is 25.0 Å². The van der Waals surface area contributed by atoms with E-state index in [9.17, 15) is 13.2 Å². The average molecular weight is 337 g/mol. The van der Waals surface area contributed by atoms with Crippen LogP contribution in [-0.2, 0) is 13.0 Å². The van der Waals surface area contributed by atoms with E-state index in [-0.39, 0.29) is 5.75 Å². The molecule has 0 heterocycles. The van der Waals surface area contributed by atoms with Gasteiger partial charge in [0.25, 0.3) is 0 Å². The highest BCUT2D eigenvalue weighted by Gasteiger charge is 2.32. The summed E-state index contributed by atoms with van der Waals surface area (Å²) in [6, 6.07) is 12.3. The maximum Gasteiger partial charge on any atom is 0.573 e. The molecule has 130 valence electrons. The van der Waals surface area contributed by atoms with Gasteiger partial charge in [0.2, 0.25) is 0 Å². The molecule has 0 saturated carbocycles. The molecule has 0 amide bonds. The van der Waals surface area contributed by atoms with E-state index >= 15 is 0 Å². The standard InChI is InChI=1S/C19H22F3NO/c1-13(2)10-14-4-7-16(8-5-14)17-11-15(12-23-3)6-9-18(17)24-19(20,21)22/h4-9,11,13,23H,10,12H2,1-3H3. The zero-order chi connectivity index (χ0) is 17.7. The minimum absolute atomic E-state index is 0.182. The summed E-state index contributed by atoms with van der Waals surface area (Å²) in [5.74, 6) is 0.345. The van der Waals surface area contributed by atoms with Crippen LogP contribution < -0.4 is 10.1 Å². The van der Waals surface area contributed by atoms with Crippen molar-refractivity contribution in [3.05, 3.63) is 53.6 Å². The molecule has 0 unspecified atom stereocenters. The Balaban J connectivity index is 2.39. The van der Waals surface area contributed by atoms with Crippen LogP contribution in [0, 0.1) is 5.92 Å². The molecule has 2 nitrogen and oxygen atoms in total. The lowest BCUT2D eigenvalue weighted by atomic mass is 9.97. The first-order chi connectivity index (χ1) is 11.3. The van der Waals surface area contributed by atoms with Crippen LogP contribution in [0.15, 0.2) is 42.5 Å². The van der Waals surface area contributed by atoms with Gasteiger partial charge in [-0.05, 0) is 48.2 Å². The Kier molecular flexibility index (Phi) is 5.89. The fraction of sp³-hybridized carbons (Fsp3) is 0.368. The molecule has 1 N–H and O–H groups in total. The second-order valence-corrected chi connectivity index (χ2v) is 6.20. The molecule has 0 fully saturated rings. The summed E-state index contributed by atoms with van der Waals surface area (Å²) in [6.07, 6.45) is -3.77. The predicted octanol–water partition coefficient (Wildman–Crippen LogP) is 5.17. The van der Waals surface area contributed by atoms with Crippen LogP contribution >= 0.6 is 0 Å². The summed E-state index contributed by atoms with van der Waals surface area (Å²) in [5, 5.41) is 3.00. The number of alkyl halides is 3. The number of hydrogen-bond acceptors (Lipinski definition) is 2. The Hall–Kier alpha value is -2.01. The van der Waals surface area contributed by atoms with E-state index in [1.165, 1.54) is 11.6 Å². The van der Waals surface area contributed by atoms with Crippen molar-refractivity contribution in [1.29, 1.82) is 0 Å². The monoisotopic (exact) mass is 337 g/mol. The summed E-state index contributed by atoms with van der Waals surface area (Å²) < 4.78 is 42.2. The van der Waals surface area contributed by atoms with Gasteiger partial charge >= 0.3 is 6.36 Å². The van der Waals surface area contributed by atoms with Crippen LogP contribution in [0.4, 0.5) is 13.2 Å². The lowest BCUT2D eigenvalue weighted by molar-refractivity contribution is -0.274.